The molecule has 0 saturated heterocycles. The number of nitrogens with two attached hydrogens (primary N) is 4. The van der Waals surface area contributed by atoms with Crippen molar-refractivity contribution in [2.24, 2.45) is 33.8 Å². The molecule has 0 rings (SSSR count). The van der Waals surface area contributed by atoms with E-state index >= 15 is 0 Å². The van der Waals surface area contributed by atoms with Gasteiger partial charge in [0.05, 0.1) is 12.5 Å². The van der Waals surface area contributed by atoms with Gasteiger partial charge in [-0.2, -0.15) is 0 Å². The summed E-state index contributed by atoms with van der Waals surface area (Å²) >= 11 is 0. The predicted octanol–water partition coefficient (Wildman–Crippen LogP) is -3.31. The lowest BCUT2D eigenvalue weighted by atomic mass is 10.0. The molecule has 0 aliphatic heterocycles. The quantitative estimate of drug-likeness (QED) is 0.0480. The summed E-state index contributed by atoms with van der Waals surface area (Å²) in [6.45, 7) is 3.85. The number of aliphatic carboxylic acids is 2. The van der Waals surface area contributed by atoms with Gasteiger partial charge in [0, 0.05) is 13.0 Å². The van der Waals surface area contributed by atoms with Crippen LogP contribution in [0.4, 0.5) is 0 Å². The van der Waals surface area contributed by atoms with Crippen molar-refractivity contribution in [3.05, 3.63) is 0 Å². The first-order valence-electron chi connectivity index (χ1n) is 11.6. The van der Waals surface area contributed by atoms with E-state index in [4.69, 9.17) is 28.0 Å². The molecule has 0 aromatic rings. The van der Waals surface area contributed by atoms with Gasteiger partial charge in [0.15, 0.2) is 5.96 Å². The smallest absolute Gasteiger partial charge is 0.326 e. The zero-order valence-corrected chi connectivity index (χ0v) is 20.9. The highest BCUT2D eigenvalue weighted by atomic mass is 16.4. The van der Waals surface area contributed by atoms with Crippen molar-refractivity contribution < 1.29 is 39.0 Å². The Morgan fingerprint density at radius 1 is 0.811 bits per heavy atom. The number of primary amides is 1. The van der Waals surface area contributed by atoms with Crippen LogP contribution in [0.15, 0.2) is 4.99 Å². The van der Waals surface area contributed by atoms with Crippen LogP contribution in [0.5, 0.6) is 0 Å². The van der Waals surface area contributed by atoms with Crippen molar-refractivity contribution in [3.63, 3.8) is 0 Å². The van der Waals surface area contributed by atoms with Crippen molar-refractivity contribution in [3.8, 4) is 0 Å². The summed E-state index contributed by atoms with van der Waals surface area (Å²) in [7, 11) is 0. The van der Waals surface area contributed by atoms with Crippen LogP contribution < -0.4 is 38.9 Å². The monoisotopic (exact) mass is 530 g/mol. The fourth-order valence-electron chi connectivity index (χ4n) is 3.11. The van der Waals surface area contributed by atoms with Crippen molar-refractivity contribution in [1.29, 1.82) is 0 Å². The van der Waals surface area contributed by atoms with Crippen LogP contribution in [-0.4, -0.2) is 82.5 Å². The van der Waals surface area contributed by atoms with E-state index in [9.17, 15) is 33.9 Å². The van der Waals surface area contributed by atoms with Crippen LogP contribution in [0.3, 0.4) is 0 Å². The zero-order chi connectivity index (χ0) is 28.7. The summed E-state index contributed by atoms with van der Waals surface area (Å²) < 4.78 is 0. The fourth-order valence-corrected chi connectivity index (χ4v) is 3.11. The molecule has 0 unspecified atom stereocenters. The Morgan fingerprint density at radius 3 is 1.84 bits per heavy atom. The van der Waals surface area contributed by atoms with Crippen LogP contribution in [0, 0.1) is 5.92 Å². The van der Waals surface area contributed by atoms with Crippen LogP contribution in [0.25, 0.3) is 0 Å². The fraction of sp³-hybridized carbons (Fsp3) is 0.667. The highest BCUT2D eigenvalue weighted by Gasteiger charge is 2.31. The molecule has 0 heterocycles. The molecule has 0 radical (unpaired) electrons. The number of carboxylic acid groups (broad SMARTS) is 2. The van der Waals surface area contributed by atoms with Crippen LogP contribution in [0.1, 0.15) is 52.4 Å². The first-order valence-corrected chi connectivity index (χ1v) is 11.6. The Morgan fingerprint density at radius 2 is 1.35 bits per heavy atom. The minimum atomic E-state index is -1.78. The number of amides is 4. The SMILES string of the molecule is CC(C)C[C@H](NC(=O)[C@@H](N)CCCN=C(N)N)C(=O)N[C@@H](CCC(N)=O)C(=O)N[C@@H](CC(=O)O)C(=O)O. The second-order valence-corrected chi connectivity index (χ2v) is 8.81. The third kappa shape index (κ3) is 14.9. The summed E-state index contributed by atoms with van der Waals surface area (Å²) in [6, 6.07) is -5.30. The van der Waals surface area contributed by atoms with E-state index in [1.54, 1.807) is 13.8 Å². The normalized spacial score (nSPS) is 13.9. The van der Waals surface area contributed by atoms with Crippen LogP contribution >= 0.6 is 0 Å². The molecule has 16 heteroatoms. The highest BCUT2D eigenvalue weighted by molar-refractivity contribution is 5.94. The van der Waals surface area contributed by atoms with E-state index < -0.39 is 66.2 Å². The summed E-state index contributed by atoms with van der Waals surface area (Å²) in [5.74, 6) is -6.48. The molecule has 0 spiro atoms. The van der Waals surface area contributed by atoms with Gasteiger partial charge in [-0.3, -0.25) is 29.0 Å². The number of guanidine groups is 1. The lowest BCUT2D eigenvalue weighted by molar-refractivity contribution is -0.147. The number of nitrogens with one attached hydrogen (secondary N) is 3. The number of carbonyl (C=O) groups is 6. The zero-order valence-electron chi connectivity index (χ0n) is 20.9. The number of aliphatic imine (C=N–C) groups is 1. The minimum Gasteiger partial charge on any atom is -0.481 e. The predicted molar refractivity (Wildman–Crippen MR) is 131 cm³/mol. The molecule has 4 amide bonds. The van der Waals surface area contributed by atoms with Gasteiger partial charge in [0.1, 0.15) is 18.1 Å². The van der Waals surface area contributed by atoms with Gasteiger partial charge in [-0.1, -0.05) is 13.8 Å². The van der Waals surface area contributed by atoms with Gasteiger partial charge in [-0.15, -0.1) is 0 Å². The first kappa shape index (κ1) is 33.0. The largest absolute Gasteiger partial charge is 0.481 e. The maximum atomic E-state index is 13.0. The van der Waals surface area contributed by atoms with E-state index in [0.717, 1.165) is 0 Å². The molecule has 13 N–H and O–H groups in total. The molecule has 0 aromatic carbocycles. The van der Waals surface area contributed by atoms with E-state index in [1.807, 2.05) is 5.32 Å². The van der Waals surface area contributed by atoms with Gasteiger partial charge in [0.2, 0.25) is 23.6 Å². The van der Waals surface area contributed by atoms with E-state index in [1.165, 1.54) is 0 Å². The van der Waals surface area contributed by atoms with Crippen LogP contribution in [0.2, 0.25) is 0 Å². The van der Waals surface area contributed by atoms with Gasteiger partial charge in [0.25, 0.3) is 0 Å². The molecule has 0 saturated carbocycles. The minimum absolute atomic E-state index is 0.0704. The molecule has 0 aliphatic rings. The topological polar surface area (TPSA) is 295 Å². The third-order valence-electron chi connectivity index (χ3n) is 4.95. The number of carbonyl (C=O) groups excluding carboxylic acids is 4. The Kier molecular flexibility index (Phi) is 14.9. The Labute approximate surface area is 214 Å². The Bertz CT molecular complexity index is 859. The number of hydrogen-bond donors (Lipinski definition) is 9. The average molecular weight is 531 g/mol. The van der Waals surface area contributed by atoms with Gasteiger partial charge < -0.3 is 49.1 Å². The van der Waals surface area contributed by atoms with Gasteiger partial charge in [-0.05, 0) is 31.6 Å². The molecule has 210 valence electrons. The second-order valence-electron chi connectivity index (χ2n) is 8.81. The molecular weight excluding hydrogens is 492 g/mol. The number of hydrogen-bond acceptors (Lipinski definition) is 8. The molecule has 0 aromatic heterocycles. The molecular formula is C21H38N8O8. The van der Waals surface area contributed by atoms with Crippen LogP contribution in [-0.2, 0) is 28.8 Å². The van der Waals surface area contributed by atoms with Crippen molar-refractivity contribution in [2.75, 3.05) is 6.54 Å². The molecule has 0 aliphatic carbocycles. The third-order valence-corrected chi connectivity index (χ3v) is 4.95. The lowest BCUT2D eigenvalue weighted by Gasteiger charge is -2.25. The van der Waals surface area contributed by atoms with Crippen molar-refractivity contribution in [1.82, 2.24) is 16.0 Å². The van der Waals surface area contributed by atoms with E-state index in [0.29, 0.717) is 6.42 Å². The van der Waals surface area contributed by atoms with Crippen molar-refractivity contribution in [2.45, 2.75) is 76.5 Å². The average Bonchev–Trinajstić information content (AvgIpc) is 2.76. The Hall–Kier alpha value is -3.95. The number of rotatable bonds is 18. The van der Waals surface area contributed by atoms with E-state index in [-0.39, 0.29) is 44.1 Å². The Balaban J connectivity index is 5.50. The van der Waals surface area contributed by atoms with Gasteiger partial charge in [-0.25, -0.2) is 4.79 Å². The number of nitrogens with zero attached hydrogens (tertiary/aromatic N) is 1. The molecule has 37 heavy (non-hydrogen) atoms. The van der Waals surface area contributed by atoms with E-state index in [2.05, 4.69) is 15.6 Å². The summed E-state index contributed by atoms with van der Waals surface area (Å²) in [5.41, 5.74) is 21.5. The molecule has 0 fully saturated rings. The lowest BCUT2D eigenvalue weighted by Crippen LogP contribution is -2.57. The molecule has 4 atom stereocenters. The summed E-state index contributed by atoms with van der Waals surface area (Å²) in [6.07, 6.45) is -0.744. The maximum Gasteiger partial charge on any atom is 0.326 e. The van der Waals surface area contributed by atoms with Gasteiger partial charge >= 0.3 is 11.9 Å². The summed E-state index contributed by atoms with van der Waals surface area (Å²) in [5, 5.41) is 25.0. The summed E-state index contributed by atoms with van der Waals surface area (Å²) in [4.78, 5) is 75.5. The highest BCUT2D eigenvalue weighted by Crippen LogP contribution is 2.08. The second kappa shape index (κ2) is 16.7. The molecule has 16 nitrogen and oxygen atoms in total. The maximum absolute atomic E-state index is 13.0. The molecule has 0 bridgehead atoms. The first-order chi connectivity index (χ1) is 17.1. The van der Waals surface area contributed by atoms with Crippen molar-refractivity contribution >= 4 is 41.5 Å². The number of carboxylic acids is 2. The standard InChI is InChI=1S/C21H38N8O8/c1-10(2)8-13(28-17(33)11(22)4-3-7-26-21(24)25)19(35)27-12(5-6-15(23)30)18(34)29-14(20(36)37)9-16(31)32/h10-14H,3-9,22H2,1-2H3,(H2,23,30)(H,27,35)(H,28,33)(H,29,34)(H,31,32)(H,36,37)(H4,24,25,26)/t11-,12-,13-,14-/m0/s1.